The fraction of sp³-hybridized carbons (Fsp3) is 0.611. The van der Waals surface area contributed by atoms with E-state index in [0.29, 0.717) is 5.91 Å². The summed E-state index contributed by atoms with van der Waals surface area (Å²) in [6.45, 7) is 3.79. The second-order valence-corrected chi connectivity index (χ2v) is 6.78. The summed E-state index contributed by atoms with van der Waals surface area (Å²) < 4.78 is 0. The highest BCUT2D eigenvalue weighted by Gasteiger charge is 2.28. The van der Waals surface area contributed by atoms with Gasteiger partial charge < -0.3 is 9.80 Å². The molecular formula is C18H24N4O. The third kappa shape index (κ3) is 2.84. The van der Waals surface area contributed by atoms with Crippen LogP contribution in [-0.4, -0.2) is 47.0 Å². The molecule has 2 aliphatic heterocycles. The minimum atomic E-state index is 0.167. The topological polar surface area (TPSA) is 49.3 Å². The minimum absolute atomic E-state index is 0.167. The number of anilines is 1. The first-order valence-electron chi connectivity index (χ1n) is 8.84. The Balaban J connectivity index is 1.52. The smallest absolute Gasteiger partial charge is 0.226 e. The number of aromatic nitrogens is 2. The highest BCUT2D eigenvalue weighted by Crippen LogP contribution is 2.28. The Morgan fingerprint density at radius 2 is 1.74 bits per heavy atom. The molecular weight excluding hydrogens is 288 g/mol. The predicted octanol–water partition coefficient (Wildman–Crippen LogP) is 1.97. The molecule has 0 saturated carbocycles. The summed E-state index contributed by atoms with van der Waals surface area (Å²) in [4.78, 5) is 26.2. The Bertz CT molecular complexity index is 613. The van der Waals surface area contributed by atoms with Crippen LogP contribution in [0.1, 0.15) is 36.9 Å². The van der Waals surface area contributed by atoms with Gasteiger partial charge in [0.25, 0.3) is 0 Å². The maximum absolute atomic E-state index is 12.7. The van der Waals surface area contributed by atoms with Crippen LogP contribution in [0.3, 0.4) is 0 Å². The molecule has 0 unspecified atom stereocenters. The lowest BCUT2D eigenvalue weighted by atomic mass is 10.1. The lowest BCUT2D eigenvalue weighted by molar-refractivity contribution is -0.135. The molecule has 0 aromatic carbocycles. The zero-order valence-electron chi connectivity index (χ0n) is 13.6. The van der Waals surface area contributed by atoms with E-state index in [4.69, 9.17) is 0 Å². The number of fused-ring (bicyclic) bond motifs is 1. The molecule has 1 saturated heterocycles. The maximum Gasteiger partial charge on any atom is 0.226 e. The predicted molar refractivity (Wildman–Crippen MR) is 89.3 cm³/mol. The van der Waals surface area contributed by atoms with E-state index in [1.807, 2.05) is 4.90 Å². The molecule has 1 aromatic heterocycles. The van der Waals surface area contributed by atoms with E-state index in [2.05, 4.69) is 27.0 Å². The summed E-state index contributed by atoms with van der Waals surface area (Å²) in [5.41, 5.74) is 2.41. The molecule has 1 fully saturated rings. The highest BCUT2D eigenvalue weighted by atomic mass is 16.2. The third-order valence-corrected chi connectivity index (χ3v) is 5.34. The fourth-order valence-electron chi connectivity index (χ4n) is 4.01. The quantitative estimate of drug-likeness (QED) is 0.784. The molecule has 122 valence electrons. The number of carbonyl (C=O) groups is 1. The first-order valence-corrected chi connectivity index (χ1v) is 8.84. The van der Waals surface area contributed by atoms with Crippen molar-refractivity contribution in [1.29, 1.82) is 0 Å². The summed E-state index contributed by atoms with van der Waals surface area (Å²) in [5.74, 6) is 1.60. The molecule has 1 amide bonds. The molecule has 0 radical (unpaired) electrons. The number of nitrogens with zero attached hydrogens (tertiary/aromatic N) is 4. The van der Waals surface area contributed by atoms with Crippen LogP contribution in [0.25, 0.3) is 0 Å². The van der Waals surface area contributed by atoms with Gasteiger partial charge in [-0.3, -0.25) is 4.79 Å². The lowest BCUT2D eigenvalue weighted by Gasteiger charge is -2.24. The molecule has 0 atom stereocenters. The average Bonchev–Trinajstić information content (AvgIpc) is 3.24. The molecule has 4 rings (SSSR count). The summed E-state index contributed by atoms with van der Waals surface area (Å²) >= 11 is 0. The number of hydrogen-bond donors (Lipinski definition) is 0. The Hall–Kier alpha value is -1.91. The third-order valence-electron chi connectivity index (χ3n) is 5.34. The average molecular weight is 312 g/mol. The van der Waals surface area contributed by atoms with Crippen molar-refractivity contribution < 1.29 is 4.79 Å². The van der Waals surface area contributed by atoms with Crippen molar-refractivity contribution in [2.24, 2.45) is 5.92 Å². The van der Waals surface area contributed by atoms with E-state index in [9.17, 15) is 4.79 Å². The Morgan fingerprint density at radius 3 is 2.52 bits per heavy atom. The van der Waals surface area contributed by atoms with Crippen LogP contribution in [-0.2, 0) is 17.6 Å². The SMILES string of the molecule is O=C(C1CC=CC1)N1CCc2ncnc(N3CCCC3)c2CC1. The largest absolute Gasteiger partial charge is 0.356 e. The molecule has 0 bridgehead atoms. The van der Waals surface area contributed by atoms with Gasteiger partial charge in [0.05, 0.1) is 5.69 Å². The van der Waals surface area contributed by atoms with Gasteiger partial charge in [-0.05, 0) is 32.1 Å². The van der Waals surface area contributed by atoms with Gasteiger partial charge >= 0.3 is 0 Å². The molecule has 3 aliphatic rings. The highest BCUT2D eigenvalue weighted by molar-refractivity contribution is 5.79. The van der Waals surface area contributed by atoms with Crippen molar-refractivity contribution in [2.45, 2.75) is 38.5 Å². The van der Waals surface area contributed by atoms with E-state index >= 15 is 0 Å². The van der Waals surface area contributed by atoms with Gasteiger partial charge in [-0.2, -0.15) is 0 Å². The summed E-state index contributed by atoms with van der Waals surface area (Å²) in [5, 5.41) is 0. The number of carbonyl (C=O) groups excluding carboxylic acids is 1. The fourth-order valence-corrected chi connectivity index (χ4v) is 4.01. The van der Waals surface area contributed by atoms with E-state index in [0.717, 1.165) is 63.4 Å². The van der Waals surface area contributed by atoms with E-state index < -0.39 is 0 Å². The van der Waals surface area contributed by atoms with Crippen LogP contribution in [0.5, 0.6) is 0 Å². The summed E-state index contributed by atoms with van der Waals surface area (Å²) in [6, 6.07) is 0. The molecule has 0 spiro atoms. The Labute approximate surface area is 137 Å². The standard InChI is InChI=1S/C18H24N4O/c23-18(14-5-1-2-6-14)22-11-7-15-16(8-12-22)19-13-20-17(15)21-9-3-4-10-21/h1-2,13-14H,3-12H2. The number of rotatable bonds is 2. The van der Waals surface area contributed by atoms with E-state index in [-0.39, 0.29) is 5.92 Å². The van der Waals surface area contributed by atoms with Gasteiger partial charge in [0.2, 0.25) is 5.91 Å². The van der Waals surface area contributed by atoms with Crippen LogP contribution < -0.4 is 4.90 Å². The molecule has 23 heavy (non-hydrogen) atoms. The maximum atomic E-state index is 12.7. The van der Waals surface area contributed by atoms with Crippen LogP contribution in [0.4, 0.5) is 5.82 Å². The first-order chi connectivity index (χ1) is 11.3. The molecule has 1 aliphatic carbocycles. The van der Waals surface area contributed by atoms with Crippen LogP contribution in [0, 0.1) is 5.92 Å². The summed E-state index contributed by atoms with van der Waals surface area (Å²) in [7, 11) is 0. The van der Waals surface area contributed by atoms with E-state index in [1.165, 1.54) is 18.4 Å². The van der Waals surface area contributed by atoms with Crippen molar-refractivity contribution in [2.75, 3.05) is 31.1 Å². The molecule has 0 N–H and O–H groups in total. The first kappa shape index (κ1) is 14.7. The zero-order valence-corrected chi connectivity index (χ0v) is 13.6. The molecule has 3 heterocycles. The zero-order chi connectivity index (χ0) is 15.6. The van der Waals surface area contributed by atoms with Crippen LogP contribution >= 0.6 is 0 Å². The van der Waals surface area contributed by atoms with Crippen molar-refractivity contribution in [3.63, 3.8) is 0 Å². The Kier molecular flexibility index (Phi) is 4.02. The van der Waals surface area contributed by atoms with Gasteiger partial charge in [0.1, 0.15) is 12.1 Å². The second kappa shape index (κ2) is 6.30. The Morgan fingerprint density at radius 1 is 1.00 bits per heavy atom. The monoisotopic (exact) mass is 312 g/mol. The second-order valence-electron chi connectivity index (χ2n) is 6.78. The molecule has 5 heteroatoms. The number of amides is 1. The molecule has 1 aromatic rings. The molecule has 5 nitrogen and oxygen atoms in total. The van der Waals surface area contributed by atoms with Gasteiger partial charge in [-0.1, -0.05) is 12.2 Å². The van der Waals surface area contributed by atoms with Crippen LogP contribution in [0.15, 0.2) is 18.5 Å². The van der Waals surface area contributed by atoms with E-state index in [1.54, 1.807) is 6.33 Å². The van der Waals surface area contributed by atoms with Crippen molar-refractivity contribution in [1.82, 2.24) is 14.9 Å². The number of allylic oxidation sites excluding steroid dienone is 2. The number of hydrogen-bond acceptors (Lipinski definition) is 4. The van der Waals surface area contributed by atoms with Gasteiger partial charge in [0, 0.05) is 44.1 Å². The van der Waals surface area contributed by atoms with Crippen LogP contribution in [0.2, 0.25) is 0 Å². The van der Waals surface area contributed by atoms with Crippen molar-refractivity contribution >= 4 is 11.7 Å². The van der Waals surface area contributed by atoms with Gasteiger partial charge in [-0.25, -0.2) is 9.97 Å². The van der Waals surface area contributed by atoms with Crippen molar-refractivity contribution in [3.8, 4) is 0 Å². The normalized spacial score (nSPS) is 21.6. The summed E-state index contributed by atoms with van der Waals surface area (Å²) in [6.07, 6.45) is 12.0. The van der Waals surface area contributed by atoms with Crippen molar-refractivity contribution in [3.05, 3.63) is 29.7 Å². The van der Waals surface area contributed by atoms with Gasteiger partial charge in [-0.15, -0.1) is 0 Å². The van der Waals surface area contributed by atoms with Gasteiger partial charge in [0.15, 0.2) is 0 Å². The lowest BCUT2D eigenvalue weighted by Crippen LogP contribution is -2.37. The minimum Gasteiger partial charge on any atom is -0.356 e.